The molecule has 1 aromatic heterocycles. The summed E-state index contributed by atoms with van der Waals surface area (Å²) in [6, 6.07) is 0.378. The molecule has 1 heterocycles. The van der Waals surface area contributed by atoms with Gasteiger partial charge in [0.15, 0.2) is 0 Å². The molecule has 0 aliphatic heterocycles. The Balaban J connectivity index is 2.13. The third kappa shape index (κ3) is 2.25. The van der Waals surface area contributed by atoms with Gasteiger partial charge >= 0.3 is 5.82 Å². The maximum atomic E-state index is 10.9. The first-order valence-electron chi connectivity index (χ1n) is 5.98. The van der Waals surface area contributed by atoms with Crippen molar-refractivity contribution in [1.82, 2.24) is 9.55 Å². The molecule has 17 heavy (non-hydrogen) atoms. The van der Waals surface area contributed by atoms with E-state index in [0.717, 1.165) is 12.8 Å². The molecular formula is C11H18N4O2. The van der Waals surface area contributed by atoms with Crippen LogP contribution in [0.1, 0.15) is 32.0 Å². The number of hydrogen-bond donors (Lipinski definition) is 1. The monoisotopic (exact) mass is 238 g/mol. The second-order valence-electron chi connectivity index (χ2n) is 4.68. The lowest BCUT2D eigenvalue weighted by Crippen LogP contribution is -2.10. The number of nitro groups is 1. The molecule has 2 atom stereocenters. The lowest BCUT2D eigenvalue weighted by molar-refractivity contribution is -0.388. The highest BCUT2D eigenvalue weighted by Crippen LogP contribution is 2.39. The van der Waals surface area contributed by atoms with Crippen LogP contribution in [-0.2, 0) is 7.05 Å². The van der Waals surface area contributed by atoms with E-state index in [1.165, 1.54) is 6.42 Å². The molecule has 6 heteroatoms. The number of hydrogen-bond acceptors (Lipinski definition) is 4. The van der Waals surface area contributed by atoms with E-state index in [9.17, 15) is 10.1 Å². The molecule has 6 nitrogen and oxygen atoms in total. The average molecular weight is 238 g/mol. The van der Waals surface area contributed by atoms with E-state index in [0.29, 0.717) is 23.6 Å². The molecule has 94 valence electrons. The van der Waals surface area contributed by atoms with E-state index in [1.807, 2.05) is 0 Å². The second-order valence-corrected chi connectivity index (χ2v) is 4.68. The highest BCUT2D eigenvalue weighted by Gasteiger charge is 2.38. The molecule has 0 amide bonds. The van der Waals surface area contributed by atoms with Crippen molar-refractivity contribution in [2.75, 3.05) is 5.32 Å². The first-order chi connectivity index (χ1) is 8.04. The quantitative estimate of drug-likeness (QED) is 0.630. The summed E-state index contributed by atoms with van der Waals surface area (Å²) in [5.74, 6) is 1.80. The van der Waals surface area contributed by atoms with Crippen molar-refractivity contribution in [3.63, 3.8) is 0 Å². The summed E-state index contributed by atoms with van der Waals surface area (Å²) in [6.07, 6.45) is 3.45. The molecule has 0 radical (unpaired) electrons. The highest BCUT2D eigenvalue weighted by molar-refractivity contribution is 5.55. The third-order valence-corrected chi connectivity index (χ3v) is 3.38. The molecule has 2 unspecified atom stereocenters. The summed E-state index contributed by atoms with van der Waals surface area (Å²) >= 11 is 0. The van der Waals surface area contributed by atoms with Gasteiger partial charge in [-0.15, -0.1) is 0 Å². The van der Waals surface area contributed by atoms with Crippen LogP contribution in [0.5, 0.6) is 0 Å². The zero-order chi connectivity index (χ0) is 12.6. The number of rotatable bonds is 5. The van der Waals surface area contributed by atoms with Gasteiger partial charge in [0.2, 0.25) is 11.6 Å². The number of anilines is 1. The lowest BCUT2D eigenvalue weighted by Gasteiger charge is -2.05. The van der Waals surface area contributed by atoms with Gasteiger partial charge in [-0.3, -0.25) is 4.57 Å². The van der Waals surface area contributed by atoms with Crippen molar-refractivity contribution in [1.29, 1.82) is 0 Å². The van der Waals surface area contributed by atoms with Crippen LogP contribution in [0.4, 0.5) is 11.6 Å². The Morgan fingerprint density at radius 2 is 2.35 bits per heavy atom. The summed E-state index contributed by atoms with van der Waals surface area (Å²) in [7, 11) is 1.80. The van der Waals surface area contributed by atoms with Crippen molar-refractivity contribution in [2.45, 2.75) is 39.2 Å². The summed E-state index contributed by atoms with van der Waals surface area (Å²) < 4.78 is 1.75. The predicted octanol–water partition coefficient (Wildman–Crippen LogP) is 2.24. The first-order valence-corrected chi connectivity index (χ1v) is 5.98. The fourth-order valence-electron chi connectivity index (χ4n) is 2.17. The van der Waals surface area contributed by atoms with Crippen LogP contribution in [0.15, 0.2) is 0 Å². The van der Waals surface area contributed by atoms with E-state index in [1.54, 1.807) is 18.5 Å². The topological polar surface area (TPSA) is 73.0 Å². The minimum Gasteiger partial charge on any atom is -0.361 e. The Bertz CT molecular complexity index is 441. The number of imidazole rings is 1. The minimum atomic E-state index is -0.424. The van der Waals surface area contributed by atoms with Gasteiger partial charge in [0.25, 0.3) is 0 Å². The van der Waals surface area contributed by atoms with Crippen molar-refractivity contribution < 1.29 is 4.92 Å². The Kier molecular flexibility index (Phi) is 3.04. The van der Waals surface area contributed by atoms with Gasteiger partial charge in [-0.05, 0) is 28.7 Å². The smallest absolute Gasteiger partial charge is 0.361 e. The summed E-state index contributed by atoms with van der Waals surface area (Å²) in [5, 5.41) is 14.1. The number of aromatic nitrogens is 2. The second kappa shape index (κ2) is 4.35. The molecule has 0 saturated heterocycles. The molecule has 1 saturated carbocycles. The maximum absolute atomic E-state index is 10.9. The largest absolute Gasteiger partial charge is 0.406 e. The van der Waals surface area contributed by atoms with Crippen LogP contribution in [-0.4, -0.2) is 20.5 Å². The van der Waals surface area contributed by atoms with E-state index in [2.05, 4.69) is 17.2 Å². The fourth-order valence-corrected chi connectivity index (χ4v) is 2.17. The first kappa shape index (κ1) is 11.9. The van der Waals surface area contributed by atoms with Gasteiger partial charge in [0.1, 0.15) is 0 Å². The van der Waals surface area contributed by atoms with Crippen molar-refractivity contribution >= 4 is 11.6 Å². The van der Waals surface area contributed by atoms with E-state index >= 15 is 0 Å². The fraction of sp³-hybridized carbons (Fsp3) is 0.727. The molecule has 1 N–H and O–H groups in total. The number of nitrogens with zero attached hydrogens (tertiary/aromatic N) is 3. The molecular weight excluding hydrogens is 220 g/mol. The van der Waals surface area contributed by atoms with Gasteiger partial charge in [-0.1, -0.05) is 13.3 Å². The Labute approximate surface area is 100 Å². The molecule has 1 fully saturated rings. The van der Waals surface area contributed by atoms with Gasteiger partial charge in [-0.2, -0.15) is 0 Å². The Hall–Kier alpha value is -1.59. The molecule has 0 aromatic carbocycles. The Morgan fingerprint density at radius 1 is 1.65 bits per heavy atom. The zero-order valence-corrected chi connectivity index (χ0v) is 10.4. The van der Waals surface area contributed by atoms with Crippen LogP contribution in [0.2, 0.25) is 0 Å². The maximum Gasteiger partial charge on any atom is 0.406 e. The van der Waals surface area contributed by atoms with Crippen molar-refractivity contribution in [3.8, 4) is 0 Å². The van der Waals surface area contributed by atoms with Gasteiger partial charge in [0, 0.05) is 20.0 Å². The Morgan fingerprint density at radius 3 is 2.94 bits per heavy atom. The number of aryl methyl sites for hydroxylation is 1. The van der Waals surface area contributed by atoms with Crippen LogP contribution < -0.4 is 5.32 Å². The molecule has 0 spiro atoms. The molecule has 2 rings (SSSR count). The third-order valence-electron chi connectivity index (χ3n) is 3.38. The summed E-state index contributed by atoms with van der Waals surface area (Å²) in [5.41, 5.74) is 0. The van der Waals surface area contributed by atoms with Crippen LogP contribution in [0.3, 0.4) is 0 Å². The van der Waals surface area contributed by atoms with Crippen molar-refractivity contribution in [2.24, 2.45) is 13.0 Å². The number of nitrogens with one attached hydrogen (secondary N) is 1. The van der Waals surface area contributed by atoms with E-state index in [4.69, 9.17) is 0 Å². The molecule has 0 bridgehead atoms. The highest BCUT2D eigenvalue weighted by atomic mass is 16.6. The van der Waals surface area contributed by atoms with Gasteiger partial charge in [-0.25, -0.2) is 0 Å². The zero-order valence-electron chi connectivity index (χ0n) is 10.4. The lowest BCUT2D eigenvalue weighted by atomic mass is 10.2. The van der Waals surface area contributed by atoms with Crippen LogP contribution >= 0.6 is 0 Å². The van der Waals surface area contributed by atoms with E-state index in [-0.39, 0.29) is 5.82 Å². The van der Waals surface area contributed by atoms with Crippen LogP contribution in [0, 0.1) is 23.0 Å². The molecule has 1 aliphatic rings. The van der Waals surface area contributed by atoms with Crippen molar-refractivity contribution in [3.05, 3.63) is 15.9 Å². The van der Waals surface area contributed by atoms with Crippen LogP contribution in [0.25, 0.3) is 0 Å². The standard InChI is InChI=1S/C11H18N4O2/c1-4-5-8-6-9(8)13-10-11(15(16)17)12-7(2)14(10)3/h8-9,13H,4-6H2,1-3H3. The van der Waals surface area contributed by atoms with Gasteiger partial charge < -0.3 is 15.4 Å². The summed E-state index contributed by atoms with van der Waals surface area (Å²) in [4.78, 5) is 14.4. The van der Waals surface area contributed by atoms with E-state index < -0.39 is 4.92 Å². The SMILES string of the molecule is CCCC1CC1Nc1c([N+](=O)[O-])nc(C)n1C. The van der Waals surface area contributed by atoms with Gasteiger partial charge in [0.05, 0.1) is 0 Å². The minimum absolute atomic E-state index is 0.0628. The summed E-state index contributed by atoms with van der Waals surface area (Å²) in [6.45, 7) is 3.93. The molecule has 1 aliphatic carbocycles. The average Bonchev–Trinajstić information content (AvgIpc) is 2.93. The predicted molar refractivity (Wildman–Crippen MR) is 65.0 cm³/mol. The molecule has 1 aromatic rings. The normalized spacial score (nSPS) is 22.5.